The van der Waals surface area contributed by atoms with Crippen LogP contribution in [0.5, 0.6) is 0 Å². The first kappa shape index (κ1) is 22.9. The second-order valence-corrected chi connectivity index (χ2v) is 9.70. The van der Waals surface area contributed by atoms with Crippen molar-refractivity contribution < 1.29 is 4.79 Å². The van der Waals surface area contributed by atoms with E-state index in [9.17, 15) is 4.79 Å². The van der Waals surface area contributed by atoms with E-state index in [1.54, 1.807) is 11.3 Å². The fourth-order valence-corrected chi connectivity index (χ4v) is 5.27. The lowest BCUT2D eigenvalue weighted by molar-refractivity contribution is -0.120. The first-order valence-electron chi connectivity index (χ1n) is 11.3. The van der Waals surface area contributed by atoms with Gasteiger partial charge in [-0.15, -0.1) is 11.3 Å². The average molecular weight is 494 g/mol. The van der Waals surface area contributed by atoms with Crippen molar-refractivity contribution in [2.24, 2.45) is 0 Å². The van der Waals surface area contributed by atoms with Crippen molar-refractivity contribution in [2.75, 3.05) is 5.32 Å². The third-order valence-electron chi connectivity index (χ3n) is 5.70. The monoisotopic (exact) mass is 493 g/mol. The molecule has 172 valence electrons. The van der Waals surface area contributed by atoms with Gasteiger partial charge in [-0.25, -0.2) is 4.98 Å². The number of thiocarbonyl (C=S) groups is 1. The SMILES string of the molecule is Cc1ccc2nc(-c3ccc(NC(=S)NC(=O)C(c4ccccc4)c4ccccc4)cc3)sc2c1. The molecule has 0 unspecified atom stereocenters. The minimum Gasteiger partial charge on any atom is -0.332 e. The Morgan fingerprint density at radius 2 is 1.49 bits per heavy atom. The van der Waals surface area contributed by atoms with Gasteiger partial charge in [-0.1, -0.05) is 66.7 Å². The normalized spacial score (nSPS) is 10.9. The van der Waals surface area contributed by atoms with Gasteiger partial charge in [0.15, 0.2) is 5.11 Å². The molecule has 0 radical (unpaired) electrons. The molecule has 1 aromatic heterocycles. The van der Waals surface area contributed by atoms with Crippen LogP contribution in [0, 0.1) is 6.92 Å². The summed E-state index contributed by atoms with van der Waals surface area (Å²) < 4.78 is 1.18. The molecule has 0 atom stereocenters. The molecule has 0 fully saturated rings. The van der Waals surface area contributed by atoms with Gasteiger partial charge in [-0.2, -0.15) is 0 Å². The molecule has 0 aliphatic rings. The van der Waals surface area contributed by atoms with Crippen molar-refractivity contribution in [1.82, 2.24) is 10.3 Å². The quantitative estimate of drug-likeness (QED) is 0.261. The Morgan fingerprint density at radius 3 is 2.11 bits per heavy atom. The molecule has 0 aliphatic heterocycles. The highest BCUT2D eigenvalue weighted by Gasteiger charge is 2.23. The number of amides is 1. The van der Waals surface area contributed by atoms with Gasteiger partial charge in [0.25, 0.3) is 0 Å². The summed E-state index contributed by atoms with van der Waals surface area (Å²) in [6, 6.07) is 33.6. The summed E-state index contributed by atoms with van der Waals surface area (Å²) in [5.74, 6) is -0.636. The summed E-state index contributed by atoms with van der Waals surface area (Å²) in [5, 5.41) is 7.22. The van der Waals surface area contributed by atoms with E-state index >= 15 is 0 Å². The standard InChI is InChI=1S/C29H23N3OS2/c1-19-12-17-24-25(18-19)35-28(31-24)22-13-15-23(16-14-22)30-29(34)32-27(33)26(20-8-4-2-5-9-20)21-10-6-3-7-11-21/h2-18,26H,1H3,(H2,30,32,33,34). The summed E-state index contributed by atoms with van der Waals surface area (Å²) in [6.45, 7) is 2.09. The number of hydrogen-bond donors (Lipinski definition) is 2. The number of nitrogens with one attached hydrogen (secondary N) is 2. The zero-order chi connectivity index (χ0) is 24.2. The molecule has 4 aromatic carbocycles. The van der Waals surface area contributed by atoms with E-state index in [0.29, 0.717) is 0 Å². The first-order valence-corrected chi connectivity index (χ1v) is 12.5. The number of carbonyl (C=O) groups excluding carboxylic acids is 1. The molecule has 5 aromatic rings. The molecule has 35 heavy (non-hydrogen) atoms. The van der Waals surface area contributed by atoms with Crippen LogP contribution >= 0.6 is 23.6 Å². The molecule has 1 amide bonds. The van der Waals surface area contributed by atoms with Crippen LogP contribution in [0.2, 0.25) is 0 Å². The maximum atomic E-state index is 13.2. The molecule has 5 rings (SSSR count). The maximum absolute atomic E-state index is 13.2. The van der Waals surface area contributed by atoms with E-state index in [1.165, 1.54) is 10.3 Å². The summed E-state index contributed by atoms with van der Waals surface area (Å²) in [5.41, 5.74) is 5.89. The van der Waals surface area contributed by atoms with Gasteiger partial charge in [-0.3, -0.25) is 4.79 Å². The number of anilines is 1. The number of rotatable bonds is 5. The number of benzene rings is 4. The van der Waals surface area contributed by atoms with Crippen LogP contribution < -0.4 is 10.6 Å². The molecule has 2 N–H and O–H groups in total. The van der Waals surface area contributed by atoms with E-state index in [2.05, 4.69) is 35.8 Å². The molecular formula is C29H23N3OS2. The number of thiazole rings is 1. The summed E-state index contributed by atoms with van der Waals surface area (Å²) in [4.78, 5) is 18.0. The predicted octanol–water partition coefficient (Wildman–Crippen LogP) is 6.92. The Hall–Kier alpha value is -3.87. The fraction of sp³-hybridized carbons (Fsp3) is 0.0690. The Kier molecular flexibility index (Phi) is 6.66. The highest BCUT2D eigenvalue weighted by Crippen LogP contribution is 2.31. The zero-order valence-electron chi connectivity index (χ0n) is 19.1. The van der Waals surface area contributed by atoms with Gasteiger partial charge in [0.1, 0.15) is 5.01 Å². The number of hydrogen-bond acceptors (Lipinski definition) is 4. The van der Waals surface area contributed by atoms with Crippen molar-refractivity contribution in [3.63, 3.8) is 0 Å². The third-order valence-corrected chi connectivity index (χ3v) is 6.97. The minimum atomic E-state index is -0.456. The second-order valence-electron chi connectivity index (χ2n) is 8.27. The number of carbonyl (C=O) groups is 1. The largest absolute Gasteiger partial charge is 0.332 e. The lowest BCUT2D eigenvalue weighted by Gasteiger charge is -2.18. The maximum Gasteiger partial charge on any atom is 0.238 e. The van der Waals surface area contributed by atoms with E-state index < -0.39 is 5.92 Å². The lowest BCUT2D eigenvalue weighted by Crippen LogP contribution is -2.37. The number of aryl methyl sites for hydroxylation is 1. The summed E-state index contributed by atoms with van der Waals surface area (Å²) in [6.07, 6.45) is 0. The van der Waals surface area contributed by atoms with E-state index in [1.807, 2.05) is 84.9 Å². The molecule has 0 saturated carbocycles. The Bertz CT molecular complexity index is 1440. The average Bonchev–Trinajstić information content (AvgIpc) is 3.29. The fourth-order valence-electron chi connectivity index (χ4n) is 3.98. The van der Waals surface area contributed by atoms with Crippen LogP contribution in [0.4, 0.5) is 5.69 Å². The molecule has 0 saturated heterocycles. The van der Waals surface area contributed by atoms with Crippen LogP contribution in [0.3, 0.4) is 0 Å². The van der Waals surface area contributed by atoms with Crippen molar-refractivity contribution in [2.45, 2.75) is 12.8 Å². The highest BCUT2D eigenvalue weighted by molar-refractivity contribution is 7.80. The van der Waals surface area contributed by atoms with Crippen molar-refractivity contribution >= 4 is 50.5 Å². The van der Waals surface area contributed by atoms with Crippen LogP contribution in [-0.2, 0) is 4.79 Å². The molecule has 0 spiro atoms. The molecule has 4 nitrogen and oxygen atoms in total. The summed E-state index contributed by atoms with van der Waals surface area (Å²) in [7, 11) is 0. The van der Waals surface area contributed by atoms with Crippen LogP contribution in [0.1, 0.15) is 22.6 Å². The van der Waals surface area contributed by atoms with E-state index in [4.69, 9.17) is 17.2 Å². The van der Waals surface area contributed by atoms with Crippen molar-refractivity contribution in [3.8, 4) is 10.6 Å². The Morgan fingerprint density at radius 1 is 0.857 bits per heavy atom. The second kappa shape index (κ2) is 10.2. The predicted molar refractivity (Wildman–Crippen MR) is 149 cm³/mol. The zero-order valence-corrected chi connectivity index (χ0v) is 20.7. The third kappa shape index (κ3) is 5.29. The smallest absolute Gasteiger partial charge is 0.238 e. The number of fused-ring (bicyclic) bond motifs is 1. The van der Waals surface area contributed by atoms with Gasteiger partial charge in [-0.05, 0) is 72.2 Å². The van der Waals surface area contributed by atoms with Gasteiger partial charge in [0.05, 0.1) is 16.1 Å². The van der Waals surface area contributed by atoms with Crippen LogP contribution in [0.15, 0.2) is 103 Å². The van der Waals surface area contributed by atoms with Crippen LogP contribution in [0.25, 0.3) is 20.8 Å². The Labute approximate surface area is 213 Å². The van der Waals surface area contributed by atoms with E-state index in [0.717, 1.165) is 32.9 Å². The first-order chi connectivity index (χ1) is 17.1. The molecule has 6 heteroatoms. The number of aromatic nitrogens is 1. The van der Waals surface area contributed by atoms with Crippen molar-refractivity contribution in [3.05, 3.63) is 120 Å². The Balaban J connectivity index is 1.28. The van der Waals surface area contributed by atoms with Gasteiger partial charge in [0, 0.05) is 11.3 Å². The highest BCUT2D eigenvalue weighted by atomic mass is 32.1. The van der Waals surface area contributed by atoms with Crippen LogP contribution in [-0.4, -0.2) is 16.0 Å². The lowest BCUT2D eigenvalue weighted by atomic mass is 9.90. The van der Waals surface area contributed by atoms with Gasteiger partial charge < -0.3 is 10.6 Å². The molecule has 0 bridgehead atoms. The van der Waals surface area contributed by atoms with Gasteiger partial charge in [0.2, 0.25) is 5.91 Å². The van der Waals surface area contributed by atoms with Gasteiger partial charge >= 0.3 is 0 Å². The number of nitrogens with zero attached hydrogens (tertiary/aromatic N) is 1. The molecule has 0 aliphatic carbocycles. The van der Waals surface area contributed by atoms with Crippen molar-refractivity contribution in [1.29, 1.82) is 0 Å². The molecule has 1 heterocycles. The van der Waals surface area contributed by atoms with E-state index in [-0.39, 0.29) is 11.0 Å². The topological polar surface area (TPSA) is 54.0 Å². The summed E-state index contributed by atoms with van der Waals surface area (Å²) >= 11 is 7.14. The minimum absolute atomic E-state index is 0.179. The molecular weight excluding hydrogens is 470 g/mol.